The van der Waals surface area contributed by atoms with Crippen molar-refractivity contribution in [3.05, 3.63) is 64.6 Å². The number of nitrogens with one attached hydrogen (secondary N) is 2. The second-order valence-corrected chi connectivity index (χ2v) is 5.54. The molecule has 2 aromatic rings. The van der Waals surface area contributed by atoms with E-state index in [0.29, 0.717) is 24.4 Å². The summed E-state index contributed by atoms with van der Waals surface area (Å²) < 4.78 is 6.06. The van der Waals surface area contributed by atoms with Crippen LogP contribution in [0.5, 0.6) is 5.75 Å². The summed E-state index contributed by atoms with van der Waals surface area (Å²) in [5.41, 5.74) is 0.561. The molecule has 23 heavy (non-hydrogen) atoms. The van der Waals surface area contributed by atoms with E-state index in [-0.39, 0.29) is 18.4 Å². The molecule has 0 fully saturated rings. The van der Waals surface area contributed by atoms with Crippen molar-refractivity contribution in [1.29, 1.82) is 0 Å². The molecule has 0 heterocycles. The molecule has 0 saturated heterocycles. The molecule has 0 aliphatic rings. The van der Waals surface area contributed by atoms with E-state index >= 15 is 0 Å². The fourth-order valence-electron chi connectivity index (χ4n) is 1.84. The van der Waals surface area contributed by atoms with Gasteiger partial charge in [-0.15, -0.1) is 0 Å². The fraction of sp³-hybridized carbons (Fsp3) is 0.176. The molecular weight excluding hydrogens is 360 g/mol. The van der Waals surface area contributed by atoms with Gasteiger partial charge in [-0.25, -0.2) is 0 Å². The Morgan fingerprint density at radius 2 is 1.57 bits per heavy atom. The van der Waals surface area contributed by atoms with E-state index in [4.69, 9.17) is 4.74 Å². The minimum Gasteiger partial charge on any atom is -0.484 e. The van der Waals surface area contributed by atoms with E-state index in [9.17, 15) is 9.59 Å². The molecule has 2 rings (SSSR count). The van der Waals surface area contributed by atoms with Crippen LogP contribution < -0.4 is 15.4 Å². The van der Waals surface area contributed by atoms with Gasteiger partial charge >= 0.3 is 0 Å². The predicted octanol–water partition coefficient (Wildman–Crippen LogP) is 2.37. The first kappa shape index (κ1) is 17.0. The zero-order valence-corrected chi connectivity index (χ0v) is 14.0. The van der Waals surface area contributed by atoms with Gasteiger partial charge in [0.05, 0.1) is 5.56 Å². The number of ether oxygens (including phenoxy) is 1. The van der Waals surface area contributed by atoms with Gasteiger partial charge in [-0.1, -0.05) is 30.3 Å². The number of para-hydroxylation sites is 1. The first-order valence-corrected chi connectivity index (χ1v) is 7.93. The van der Waals surface area contributed by atoms with Gasteiger partial charge in [0.1, 0.15) is 5.75 Å². The van der Waals surface area contributed by atoms with Gasteiger partial charge in [-0.2, -0.15) is 0 Å². The van der Waals surface area contributed by atoms with Crippen LogP contribution in [0.4, 0.5) is 0 Å². The lowest BCUT2D eigenvalue weighted by Crippen LogP contribution is -2.36. The van der Waals surface area contributed by atoms with Gasteiger partial charge in [0.25, 0.3) is 11.8 Å². The number of hydrogen-bond acceptors (Lipinski definition) is 3. The van der Waals surface area contributed by atoms with E-state index < -0.39 is 0 Å². The molecule has 0 bridgehead atoms. The number of benzene rings is 2. The van der Waals surface area contributed by atoms with E-state index in [2.05, 4.69) is 26.6 Å². The highest BCUT2D eigenvalue weighted by molar-refractivity contribution is 9.10. The molecule has 0 spiro atoms. The topological polar surface area (TPSA) is 67.4 Å². The van der Waals surface area contributed by atoms with Crippen molar-refractivity contribution in [2.24, 2.45) is 0 Å². The Morgan fingerprint density at radius 1 is 0.913 bits per heavy atom. The van der Waals surface area contributed by atoms with Gasteiger partial charge in [0.15, 0.2) is 6.61 Å². The highest BCUT2D eigenvalue weighted by atomic mass is 79.9. The van der Waals surface area contributed by atoms with Crippen molar-refractivity contribution < 1.29 is 14.3 Å². The standard InChI is InChI=1S/C17H17BrN2O3/c18-15-9-5-4-8-14(15)17(22)20-11-10-19-16(21)12-23-13-6-2-1-3-7-13/h1-9H,10-12H2,(H,19,21)(H,20,22). The lowest BCUT2D eigenvalue weighted by atomic mass is 10.2. The first-order valence-electron chi connectivity index (χ1n) is 7.14. The Labute approximate surface area is 143 Å². The maximum Gasteiger partial charge on any atom is 0.258 e. The SMILES string of the molecule is O=C(COc1ccccc1)NCCNC(=O)c1ccccc1Br. The van der Waals surface area contributed by atoms with Gasteiger partial charge in [0.2, 0.25) is 0 Å². The summed E-state index contributed by atoms with van der Waals surface area (Å²) in [5.74, 6) is 0.223. The maximum absolute atomic E-state index is 11.9. The minimum atomic E-state index is -0.232. The summed E-state index contributed by atoms with van der Waals surface area (Å²) in [6.45, 7) is 0.632. The molecule has 0 radical (unpaired) electrons. The van der Waals surface area contributed by atoms with E-state index in [1.807, 2.05) is 24.3 Å². The molecular formula is C17H17BrN2O3. The van der Waals surface area contributed by atoms with E-state index in [0.717, 1.165) is 4.47 Å². The number of halogens is 1. The maximum atomic E-state index is 11.9. The molecule has 0 aliphatic heterocycles. The molecule has 120 valence electrons. The lowest BCUT2D eigenvalue weighted by molar-refractivity contribution is -0.123. The number of rotatable bonds is 7. The highest BCUT2D eigenvalue weighted by Gasteiger charge is 2.08. The third-order valence-corrected chi connectivity index (χ3v) is 3.66. The van der Waals surface area contributed by atoms with Crippen LogP contribution in [0.3, 0.4) is 0 Å². The highest BCUT2D eigenvalue weighted by Crippen LogP contribution is 2.15. The number of amides is 2. The summed E-state index contributed by atoms with van der Waals surface area (Å²) in [6, 6.07) is 16.3. The smallest absolute Gasteiger partial charge is 0.258 e. The monoisotopic (exact) mass is 376 g/mol. The first-order chi connectivity index (χ1) is 11.2. The second kappa shape index (κ2) is 8.95. The summed E-state index contributed by atoms with van der Waals surface area (Å²) in [4.78, 5) is 23.6. The molecule has 0 aromatic heterocycles. The largest absolute Gasteiger partial charge is 0.484 e. The number of hydrogen-bond donors (Lipinski definition) is 2. The summed E-state index contributed by atoms with van der Waals surface area (Å²) in [5, 5.41) is 5.43. The molecule has 0 aliphatic carbocycles. The van der Waals surface area contributed by atoms with Crippen LogP contribution in [0.25, 0.3) is 0 Å². The zero-order chi connectivity index (χ0) is 16.5. The van der Waals surface area contributed by atoms with Crippen molar-refractivity contribution in [3.63, 3.8) is 0 Å². The average molecular weight is 377 g/mol. The summed E-state index contributed by atoms with van der Waals surface area (Å²) in [7, 11) is 0. The van der Waals surface area contributed by atoms with Crippen LogP contribution in [-0.4, -0.2) is 31.5 Å². The minimum absolute atomic E-state index is 0.0534. The third kappa shape index (κ3) is 5.75. The average Bonchev–Trinajstić information content (AvgIpc) is 2.58. The van der Waals surface area contributed by atoms with Crippen LogP contribution in [0, 0.1) is 0 Å². The lowest BCUT2D eigenvalue weighted by Gasteiger charge is -2.09. The predicted molar refractivity (Wildman–Crippen MR) is 91.4 cm³/mol. The molecule has 6 heteroatoms. The van der Waals surface area contributed by atoms with Crippen LogP contribution in [0.15, 0.2) is 59.1 Å². The second-order valence-electron chi connectivity index (χ2n) is 4.69. The fourth-order valence-corrected chi connectivity index (χ4v) is 2.30. The number of carbonyl (C=O) groups excluding carboxylic acids is 2. The van der Waals surface area contributed by atoms with Gasteiger partial charge in [0, 0.05) is 17.6 Å². The van der Waals surface area contributed by atoms with Crippen molar-refractivity contribution in [1.82, 2.24) is 10.6 Å². The van der Waals surface area contributed by atoms with E-state index in [1.54, 1.807) is 30.3 Å². The van der Waals surface area contributed by atoms with Crippen LogP contribution >= 0.6 is 15.9 Å². The Morgan fingerprint density at radius 3 is 2.30 bits per heavy atom. The molecule has 2 amide bonds. The van der Waals surface area contributed by atoms with Crippen molar-refractivity contribution in [2.45, 2.75) is 0 Å². The Kier molecular flexibility index (Phi) is 6.62. The Balaban J connectivity index is 1.64. The zero-order valence-electron chi connectivity index (χ0n) is 12.4. The molecule has 0 atom stereocenters. The van der Waals surface area contributed by atoms with Gasteiger partial charge in [-0.05, 0) is 40.2 Å². The quantitative estimate of drug-likeness (QED) is 0.729. The molecule has 2 aromatic carbocycles. The van der Waals surface area contributed by atoms with Crippen LogP contribution in [0.2, 0.25) is 0 Å². The molecule has 0 saturated carbocycles. The van der Waals surface area contributed by atoms with Crippen molar-refractivity contribution >= 4 is 27.7 Å². The van der Waals surface area contributed by atoms with Crippen molar-refractivity contribution in [3.8, 4) is 5.75 Å². The number of carbonyl (C=O) groups is 2. The van der Waals surface area contributed by atoms with Gasteiger partial charge < -0.3 is 15.4 Å². The van der Waals surface area contributed by atoms with Gasteiger partial charge in [-0.3, -0.25) is 9.59 Å². The molecule has 2 N–H and O–H groups in total. The normalized spacial score (nSPS) is 9.96. The molecule has 5 nitrogen and oxygen atoms in total. The third-order valence-electron chi connectivity index (χ3n) is 2.96. The van der Waals surface area contributed by atoms with Crippen molar-refractivity contribution in [2.75, 3.05) is 19.7 Å². The van der Waals surface area contributed by atoms with Crippen LogP contribution in [0.1, 0.15) is 10.4 Å². The van der Waals surface area contributed by atoms with E-state index in [1.165, 1.54) is 0 Å². The molecule has 0 unspecified atom stereocenters. The Bertz CT molecular complexity index is 662. The van der Waals surface area contributed by atoms with Crippen LogP contribution in [-0.2, 0) is 4.79 Å². The summed E-state index contributed by atoms with van der Waals surface area (Å²) in [6.07, 6.45) is 0. The summed E-state index contributed by atoms with van der Waals surface area (Å²) >= 11 is 3.32. The Hall–Kier alpha value is -2.34.